The standard InChI is InChI=1S/C14H12N2OS/c1-15-9-16-12-7-3-2-5-10(12)11-6-4-8-13(14(11)16)17-18-15/h2-8H,9H2,1H3. The number of fused-ring (bicyclic) bond motifs is 3. The predicted octanol–water partition coefficient (Wildman–Crippen LogP) is 3.64. The molecule has 2 aromatic carbocycles. The molecule has 18 heavy (non-hydrogen) atoms. The molecule has 0 bridgehead atoms. The second-order valence-corrected chi connectivity index (χ2v) is 5.46. The Morgan fingerprint density at radius 3 is 2.83 bits per heavy atom. The van der Waals surface area contributed by atoms with Gasteiger partial charge in [0.1, 0.15) is 12.2 Å². The van der Waals surface area contributed by atoms with Crippen LogP contribution in [0.3, 0.4) is 0 Å². The molecule has 1 aliphatic heterocycles. The summed E-state index contributed by atoms with van der Waals surface area (Å²) in [4.78, 5) is 0. The van der Waals surface area contributed by atoms with E-state index >= 15 is 0 Å². The summed E-state index contributed by atoms with van der Waals surface area (Å²) in [6, 6.07) is 14.8. The van der Waals surface area contributed by atoms with E-state index in [1.807, 2.05) is 13.1 Å². The molecule has 0 spiro atoms. The number of hydrogen-bond donors (Lipinski definition) is 0. The highest BCUT2D eigenvalue weighted by Gasteiger charge is 2.19. The molecule has 0 N–H and O–H groups in total. The second-order valence-electron chi connectivity index (χ2n) is 4.52. The average molecular weight is 256 g/mol. The van der Waals surface area contributed by atoms with Crippen LogP contribution in [0.25, 0.3) is 21.8 Å². The minimum Gasteiger partial charge on any atom is -0.407 e. The first-order valence-electron chi connectivity index (χ1n) is 5.90. The molecule has 4 heteroatoms. The Bertz CT molecular complexity index is 750. The highest BCUT2D eigenvalue weighted by atomic mass is 32.2. The average Bonchev–Trinajstić information content (AvgIpc) is 2.61. The largest absolute Gasteiger partial charge is 0.407 e. The van der Waals surface area contributed by atoms with Crippen LogP contribution in [0.4, 0.5) is 0 Å². The van der Waals surface area contributed by atoms with Crippen LogP contribution in [0.15, 0.2) is 42.5 Å². The molecule has 0 saturated heterocycles. The number of rotatable bonds is 0. The summed E-state index contributed by atoms with van der Waals surface area (Å²) in [6.45, 7) is 0.825. The Balaban J connectivity index is 2.23. The summed E-state index contributed by atoms with van der Waals surface area (Å²) >= 11 is 1.39. The Kier molecular flexibility index (Phi) is 2.10. The van der Waals surface area contributed by atoms with Crippen LogP contribution in [0.2, 0.25) is 0 Å². The molecule has 90 valence electrons. The lowest BCUT2D eigenvalue weighted by atomic mass is 10.1. The van der Waals surface area contributed by atoms with Crippen molar-refractivity contribution in [2.24, 2.45) is 0 Å². The quantitative estimate of drug-likeness (QED) is 0.451. The molecule has 0 saturated carbocycles. The maximum atomic E-state index is 5.78. The number of aromatic nitrogens is 1. The first-order valence-corrected chi connectivity index (χ1v) is 6.60. The molecule has 1 aliphatic rings. The maximum Gasteiger partial charge on any atom is 0.163 e. The zero-order valence-corrected chi connectivity index (χ0v) is 10.8. The molecule has 4 rings (SSSR count). The summed E-state index contributed by atoms with van der Waals surface area (Å²) in [6.07, 6.45) is 0. The van der Waals surface area contributed by atoms with Crippen LogP contribution in [0.5, 0.6) is 5.75 Å². The summed E-state index contributed by atoms with van der Waals surface area (Å²) in [5, 5.41) is 2.55. The van der Waals surface area contributed by atoms with Crippen molar-refractivity contribution >= 4 is 34.0 Å². The van der Waals surface area contributed by atoms with Gasteiger partial charge < -0.3 is 8.75 Å². The summed E-state index contributed by atoms with van der Waals surface area (Å²) in [5.41, 5.74) is 2.45. The maximum absolute atomic E-state index is 5.78. The minimum atomic E-state index is 0.825. The Morgan fingerprint density at radius 2 is 1.89 bits per heavy atom. The van der Waals surface area contributed by atoms with Gasteiger partial charge in [0, 0.05) is 17.8 Å². The SMILES string of the molecule is CN1Cn2c3ccccc3c3cccc(c32)OS1. The fourth-order valence-corrected chi connectivity index (χ4v) is 3.12. The van der Waals surface area contributed by atoms with Gasteiger partial charge in [0.2, 0.25) is 0 Å². The summed E-state index contributed by atoms with van der Waals surface area (Å²) in [5.74, 6) is 0.943. The van der Waals surface area contributed by atoms with Crippen LogP contribution in [-0.2, 0) is 6.67 Å². The van der Waals surface area contributed by atoms with E-state index in [4.69, 9.17) is 4.18 Å². The van der Waals surface area contributed by atoms with Crippen LogP contribution in [-0.4, -0.2) is 15.9 Å². The van der Waals surface area contributed by atoms with Crippen molar-refractivity contribution in [1.29, 1.82) is 0 Å². The number of para-hydroxylation sites is 2. The number of nitrogens with zero attached hydrogens (tertiary/aromatic N) is 2. The predicted molar refractivity (Wildman–Crippen MR) is 75.4 cm³/mol. The van der Waals surface area contributed by atoms with Crippen LogP contribution in [0.1, 0.15) is 0 Å². The van der Waals surface area contributed by atoms with Crippen molar-refractivity contribution in [3.63, 3.8) is 0 Å². The van der Waals surface area contributed by atoms with Gasteiger partial charge in [-0.05, 0) is 12.1 Å². The molecule has 0 amide bonds. The molecule has 1 aromatic heterocycles. The van der Waals surface area contributed by atoms with Crippen molar-refractivity contribution in [3.8, 4) is 5.75 Å². The van der Waals surface area contributed by atoms with Crippen molar-refractivity contribution in [3.05, 3.63) is 42.5 Å². The highest BCUT2D eigenvalue weighted by Crippen LogP contribution is 2.38. The van der Waals surface area contributed by atoms with Gasteiger partial charge in [-0.2, -0.15) is 0 Å². The third-order valence-corrected chi connectivity index (χ3v) is 3.97. The third kappa shape index (κ3) is 1.30. The lowest BCUT2D eigenvalue weighted by Crippen LogP contribution is -2.13. The van der Waals surface area contributed by atoms with Gasteiger partial charge in [0.15, 0.2) is 5.75 Å². The number of hydrogen-bond acceptors (Lipinski definition) is 3. The van der Waals surface area contributed by atoms with E-state index in [0.717, 1.165) is 12.4 Å². The molecule has 0 atom stereocenters. The van der Waals surface area contributed by atoms with Crippen LogP contribution < -0.4 is 4.18 Å². The minimum absolute atomic E-state index is 0.825. The third-order valence-electron chi connectivity index (χ3n) is 3.35. The van der Waals surface area contributed by atoms with Crippen LogP contribution >= 0.6 is 12.2 Å². The van der Waals surface area contributed by atoms with Crippen LogP contribution in [0, 0.1) is 0 Å². The molecule has 0 unspecified atom stereocenters. The van der Waals surface area contributed by atoms with Gasteiger partial charge in [-0.1, -0.05) is 30.3 Å². The first-order chi connectivity index (χ1) is 8.84. The highest BCUT2D eigenvalue weighted by molar-refractivity contribution is 7.92. The fourth-order valence-electron chi connectivity index (χ4n) is 2.62. The molecular formula is C14H12N2OS. The molecule has 2 heterocycles. The van der Waals surface area contributed by atoms with Gasteiger partial charge in [0.25, 0.3) is 0 Å². The van der Waals surface area contributed by atoms with Crippen molar-refractivity contribution in [2.75, 3.05) is 7.05 Å². The van der Waals surface area contributed by atoms with Gasteiger partial charge in [-0.25, -0.2) is 4.31 Å². The number of benzene rings is 2. The topological polar surface area (TPSA) is 17.4 Å². The van der Waals surface area contributed by atoms with E-state index < -0.39 is 0 Å². The molecule has 0 aliphatic carbocycles. The van der Waals surface area contributed by atoms with E-state index in [1.165, 1.54) is 34.0 Å². The van der Waals surface area contributed by atoms with Crippen molar-refractivity contribution in [2.45, 2.75) is 6.67 Å². The summed E-state index contributed by atoms with van der Waals surface area (Å²) in [7, 11) is 2.04. The second kappa shape index (κ2) is 3.67. The Hall–Kier alpha value is -1.65. The van der Waals surface area contributed by atoms with Gasteiger partial charge >= 0.3 is 0 Å². The molecule has 3 aromatic rings. The smallest absolute Gasteiger partial charge is 0.163 e. The van der Waals surface area contributed by atoms with Gasteiger partial charge in [-0.3, -0.25) is 0 Å². The lowest BCUT2D eigenvalue weighted by Gasteiger charge is -2.11. The van der Waals surface area contributed by atoms with E-state index in [2.05, 4.69) is 45.3 Å². The zero-order chi connectivity index (χ0) is 12.1. The molecule has 0 radical (unpaired) electrons. The van der Waals surface area contributed by atoms with E-state index in [-0.39, 0.29) is 0 Å². The summed E-state index contributed by atoms with van der Waals surface area (Å²) < 4.78 is 10.2. The monoisotopic (exact) mass is 256 g/mol. The molecule has 0 fully saturated rings. The van der Waals surface area contributed by atoms with Crippen molar-refractivity contribution in [1.82, 2.24) is 8.87 Å². The van der Waals surface area contributed by atoms with E-state index in [1.54, 1.807) is 0 Å². The van der Waals surface area contributed by atoms with Crippen molar-refractivity contribution < 1.29 is 4.18 Å². The van der Waals surface area contributed by atoms with Gasteiger partial charge in [0.05, 0.1) is 17.7 Å². The Labute approximate surface area is 109 Å². The Morgan fingerprint density at radius 1 is 1.06 bits per heavy atom. The van der Waals surface area contributed by atoms with E-state index in [9.17, 15) is 0 Å². The van der Waals surface area contributed by atoms with Gasteiger partial charge in [-0.15, -0.1) is 0 Å². The zero-order valence-electron chi connectivity index (χ0n) is 9.96. The first kappa shape index (κ1) is 10.3. The lowest BCUT2D eigenvalue weighted by molar-refractivity contribution is 0.453. The van der Waals surface area contributed by atoms with E-state index in [0.29, 0.717) is 0 Å². The molecule has 3 nitrogen and oxygen atoms in total. The molecular weight excluding hydrogens is 244 g/mol. The normalized spacial score (nSPS) is 15.8. The fraction of sp³-hybridized carbons (Fsp3) is 0.143.